The monoisotopic (exact) mass is 485 g/mol. The summed E-state index contributed by atoms with van der Waals surface area (Å²) >= 11 is 1.40. The third-order valence-corrected chi connectivity index (χ3v) is 12.9. The molecule has 180 valence electrons. The maximum atomic E-state index is 13.4. The first-order valence-corrected chi connectivity index (χ1v) is 15.0. The zero-order valence-electron chi connectivity index (χ0n) is 20.6. The van der Waals surface area contributed by atoms with E-state index in [2.05, 4.69) is 88.5 Å². The molecule has 2 aromatic carbocycles. The van der Waals surface area contributed by atoms with Crippen molar-refractivity contribution in [3.8, 4) is 0 Å². The Labute approximate surface area is 204 Å². The molecule has 1 aliphatic rings. The van der Waals surface area contributed by atoms with Gasteiger partial charge in [-0.1, -0.05) is 100 Å². The zero-order valence-corrected chi connectivity index (χ0v) is 22.4. The van der Waals surface area contributed by atoms with Gasteiger partial charge in [-0.2, -0.15) is 0 Å². The van der Waals surface area contributed by atoms with Crippen LogP contribution < -0.4 is 15.7 Å². The molecule has 2 N–H and O–H groups in total. The molecule has 0 amide bonds. The van der Waals surface area contributed by atoms with E-state index < -0.39 is 14.4 Å². The summed E-state index contributed by atoms with van der Waals surface area (Å²) in [6.45, 7) is 11.4. The van der Waals surface area contributed by atoms with Gasteiger partial charge in [-0.05, 0) is 35.2 Å². The number of aliphatic hydroxyl groups excluding tert-OH is 1. The summed E-state index contributed by atoms with van der Waals surface area (Å²) in [7, 11) is -2.77. The number of hydrogen-bond acceptors (Lipinski definition) is 5. The van der Waals surface area contributed by atoms with E-state index in [-0.39, 0.29) is 28.2 Å². The van der Waals surface area contributed by atoms with Crippen LogP contribution in [0.4, 0.5) is 0 Å². The lowest BCUT2D eigenvalue weighted by molar-refractivity contribution is -0.118. The van der Waals surface area contributed by atoms with Crippen molar-refractivity contribution >= 4 is 35.6 Å². The van der Waals surface area contributed by atoms with E-state index >= 15 is 0 Å². The molecule has 0 bridgehead atoms. The van der Waals surface area contributed by atoms with Gasteiger partial charge in [-0.25, -0.2) is 0 Å². The van der Waals surface area contributed by atoms with Gasteiger partial charge in [0.05, 0.1) is 18.1 Å². The van der Waals surface area contributed by atoms with E-state index in [0.29, 0.717) is 13.0 Å². The van der Waals surface area contributed by atoms with Crippen LogP contribution in [-0.4, -0.2) is 49.1 Å². The highest BCUT2D eigenvalue weighted by Crippen LogP contribution is 2.39. The fraction of sp³-hybridized carbons (Fsp3) is 0.519. The molecular formula is C27H39NO3SSi. The van der Waals surface area contributed by atoms with Crippen LogP contribution in [0, 0.1) is 5.92 Å². The van der Waals surface area contributed by atoms with Gasteiger partial charge in [-0.15, -0.1) is 0 Å². The lowest BCUT2D eigenvalue weighted by Crippen LogP contribution is -2.68. The van der Waals surface area contributed by atoms with Crippen molar-refractivity contribution in [1.29, 1.82) is 0 Å². The van der Waals surface area contributed by atoms with Crippen molar-refractivity contribution in [2.24, 2.45) is 5.92 Å². The third kappa shape index (κ3) is 5.80. The second kappa shape index (κ2) is 11.3. The first kappa shape index (κ1) is 26.2. The molecule has 0 saturated carbocycles. The number of carbonyl (C=O) groups is 1. The van der Waals surface area contributed by atoms with Gasteiger partial charge in [0, 0.05) is 18.3 Å². The second-order valence-electron chi connectivity index (χ2n) is 10.1. The predicted molar refractivity (Wildman–Crippen MR) is 142 cm³/mol. The van der Waals surface area contributed by atoms with Gasteiger partial charge in [0.1, 0.15) is 0 Å². The molecule has 3 rings (SSSR count). The van der Waals surface area contributed by atoms with E-state index in [4.69, 9.17) is 4.43 Å². The molecule has 0 spiro atoms. The Hall–Kier alpha value is -1.44. The molecule has 4 nitrogen and oxygen atoms in total. The Morgan fingerprint density at radius 1 is 1.12 bits per heavy atom. The van der Waals surface area contributed by atoms with Gasteiger partial charge in [0.15, 0.2) is 5.12 Å². The Balaban J connectivity index is 2.07. The van der Waals surface area contributed by atoms with Crippen LogP contribution in [0.2, 0.25) is 5.04 Å². The first-order chi connectivity index (χ1) is 15.7. The second-order valence-corrected chi connectivity index (χ2v) is 15.4. The van der Waals surface area contributed by atoms with Crippen molar-refractivity contribution < 1.29 is 14.3 Å². The molecule has 0 aromatic heterocycles. The predicted octanol–water partition coefficient (Wildman–Crippen LogP) is 3.96. The number of rotatable bonds is 9. The minimum Gasteiger partial charge on any atom is -0.404 e. The zero-order chi connectivity index (χ0) is 24.1. The number of carbonyl (C=O) groups excluding carboxylic acids is 1. The lowest BCUT2D eigenvalue weighted by Gasteiger charge is -2.46. The Morgan fingerprint density at radius 3 is 2.09 bits per heavy atom. The summed E-state index contributed by atoms with van der Waals surface area (Å²) in [6, 6.07) is 21.0. The van der Waals surface area contributed by atoms with Crippen molar-refractivity contribution in [1.82, 2.24) is 5.32 Å². The van der Waals surface area contributed by atoms with Crippen LogP contribution in [0.3, 0.4) is 0 Å². The van der Waals surface area contributed by atoms with E-state index in [9.17, 15) is 9.90 Å². The molecule has 0 radical (unpaired) electrons. The SMILES string of the molecule is CCCSC(=O)[C@H]([C@@H]1C[C@@H](O)CN1)[C@H](C)O[Si](c1ccccc1)(c1ccccc1)C(C)(C)C. The van der Waals surface area contributed by atoms with Crippen molar-refractivity contribution in [2.75, 3.05) is 12.3 Å². The number of β-amino-alcohol motifs (C(OH)–C–C–N with tert-alkyl or cyclic N) is 1. The minimum absolute atomic E-state index is 0.0786. The summed E-state index contributed by atoms with van der Waals surface area (Å²) in [5, 5.41) is 16.0. The number of aliphatic hydroxyl groups is 1. The average Bonchev–Trinajstić information content (AvgIpc) is 3.22. The topological polar surface area (TPSA) is 58.6 Å². The number of benzene rings is 2. The summed E-state index contributed by atoms with van der Waals surface area (Å²) in [6.07, 6.45) is 0.822. The molecular weight excluding hydrogens is 446 g/mol. The normalized spacial score (nSPS) is 21.0. The largest absolute Gasteiger partial charge is 0.404 e. The minimum atomic E-state index is -2.77. The summed E-state index contributed by atoms with van der Waals surface area (Å²) in [5.41, 5.74) is 0. The highest BCUT2D eigenvalue weighted by molar-refractivity contribution is 8.13. The van der Waals surface area contributed by atoms with E-state index in [0.717, 1.165) is 12.2 Å². The van der Waals surface area contributed by atoms with Crippen LogP contribution in [0.25, 0.3) is 0 Å². The fourth-order valence-electron chi connectivity index (χ4n) is 5.05. The standard InChI is InChI=1S/C27H39NO3SSi/c1-6-17-32-26(30)25(24-18-21(29)19-28-24)20(2)31-33(27(3,4)5,22-13-9-7-10-14-22)23-15-11-8-12-16-23/h7-16,20-21,24-25,28-29H,6,17-19H2,1-5H3/t20-,21+,24-,25-/m0/s1. The van der Waals surface area contributed by atoms with Crippen LogP contribution >= 0.6 is 11.8 Å². The Bertz CT molecular complexity index is 848. The number of thioether (sulfide) groups is 1. The molecule has 33 heavy (non-hydrogen) atoms. The number of hydrogen-bond donors (Lipinski definition) is 2. The smallest absolute Gasteiger partial charge is 0.261 e. The van der Waals surface area contributed by atoms with Gasteiger partial charge in [0.2, 0.25) is 0 Å². The van der Waals surface area contributed by atoms with Crippen molar-refractivity contribution in [3.05, 3.63) is 60.7 Å². The molecule has 4 atom stereocenters. The highest BCUT2D eigenvalue weighted by atomic mass is 32.2. The summed E-state index contributed by atoms with van der Waals surface area (Å²) in [5.74, 6) is 0.483. The maximum Gasteiger partial charge on any atom is 0.261 e. The first-order valence-electron chi connectivity index (χ1n) is 12.1. The molecule has 1 saturated heterocycles. The highest BCUT2D eigenvalue weighted by Gasteiger charge is 2.52. The van der Waals surface area contributed by atoms with Crippen molar-refractivity contribution in [3.63, 3.8) is 0 Å². The third-order valence-electron chi connectivity index (χ3n) is 6.58. The molecule has 1 fully saturated rings. The van der Waals surface area contributed by atoms with Crippen LogP contribution in [0.1, 0.15) is 47.5 Å². The summed E-state index contributed by atoms with van der Waals surface area (Å²) in [4.78, 5) is 13.4. The van der Waals surface area contributed by atoms with Gasteiger partial charge < -0.3 is 14.8 Å². The quantitative estimate of drug-likeness (QED) is 0.527. The molecule has 1 aliphatic heterocycles. The molecule has 2 aromatic rings. The Morgan fingerprint density at radius 2 is 1.67 bits per heavy atom. The fourth-order valence-corrected chi connectivity index (χ4v) is 10.7. The van der Waals surface area contributed by atoms with Gasteiger partial charge in [-0.3, -0.25) is 4.79 Å². The maximum absolute atomic E-state index is 13.4. The lowest BCUT2D eigenvalue weighted by atomic mass is 9.94. The number of nitrogens with one attached hydrogen (secondary N) is 1. The van der Waals surface area contributed by atoms with E-state index in [1.807, 2.05) is 12.1 Å². The van der Waals surface area contributed by atoms with Crippen LogP contribution in [-0.2, 0) is 9.22 Å². The average molecular weight is 486 g/mol. The van der Waals surface area contributed by atoms with Crippen molar-refractivity contribution in [2.45, 2.75) is 70.7 Å². The van der Waals surface area contributed by atoms with Gasteiger partial charge in [0.25, 0.3) is 8.32 Å². The molecule has 1 heterocycles. The van der Waals surface area contributed by atoms with Crippen LogP contribution in [0.5, 0.6) is 0 Å². The Kier molecular flexibility index (Phi) is 8.98. The van der Waals surface area contributed by atoms with Gasteiger partial charge >= 0.3 is 0 Å². The molecule has 0 aliphatic carbocycles. The molecule has 0 unspecified atom stereocenters. The van der Waals surface area contributed by atoms with E-state index in [1.54, 1.807) is 0 Å². The molecule has 6 heteroatoms. The van der Waals surface area contributed by atoms with E-state index in [1.165, 1.54) is 22.1 Å². The van der Waals surface area contributed by atoms with Crippen LogP contribution in [0.15, 0.2) is 60.7 Å². The summed E-state index contributed by atoms with van der Waals surface area (Å²) < 4.78 is 7.27.